The lowest BCUT2D eigenvalue weighted by molar-refractivity contribution is -0.117. The van der Waals surface area contributed by atoms with Gasteiger partial charge in [0, 0.05) is 31.0 Å². The number of ether oxygens (including phenoxy) is 2. The summed E-state index contributed by atoms with van der Waals surface area (Å²) in [6.45, 7) is 9.01. The van der Waals surface area contributed by atoms with E-state index in [4.69, 9.17) is 16.0 Å². The minimum absolute atomic E-state index is 0.0480. The van der Waals surface area contributed by atoms with Crippen molar-refractivity contribution in [1.82, 2.24) is 9.88 Å². The van der Waals surface area contributed by atoms with E-state index in [-0.39, 0.29) is 24.4 Å². The first-order chi connectivity index (χ1) is 17.9. The molecule has 1 aromatic heterocycles. The molecule has 0 N–H and O–H groups in total. The largest absolute Gasteiger partial charge is 0.504 e. The highest BCUT2D eigenvalue weighted by Gasteiger charge is 2.12. The predicted molar refractivity (Wildman–Crippen MR) is 142 cm³/mol. The molecule has 0 saturated carbocycles. The molecular formula is C30H28FN3O3. The van der Waals surface area contributed by atoms with Crippen LogP contribution in [-0.4, -0.2) is 42.9 Å². The molecule has 0 radical (unpaired) electrons. The molecule has 0 unspecified atom stereocenters. The van der Waals surface area contributed by atoms with Crippen LogP contribution in [-0.2, 0) is 17.6 Å². The molecule has 0 fully saturated rings. The van der Waals surface area contributed by atoms with Crippen molar-refractivity contribution in [1.29, 1.82) is 0 Å². The van der Waals surface area contributed by atoms with Crippen LogP contribution in [0.15, 0.2) is 72.9 Å². The Kier molecular flexibility index (Phi) is 8.44. The van der Waals surface area contributed by atoms with Crippen molar-refractivity contribution in [3.05, 3.63) is 101 Å². The zero-order valence-corrected chi connectivity index (χ0v) is 20.9. The summed E-state index contributed by atoms with van der Waals surface area (Å²) in [5, 5.41) is 0.715. The number of halogens is 1. The molecule has 4 aromatic rings. The Morgan fingerprint density at radius 2 is 1.65 bits per heavy atom. The summed E-state index contributed by atoms with van der Waals surface area (Å²) >= 11 is 0. The molecule has 37 heavy (non-hydrogen) atoms. The number of aromatic nitrogens is 1. The first-order valence-electron chi connectivity index (χ1n) is 12.0. The molecule has 1 heterocycles. The van der Waals surface area contributed by atoms with E-state index in [9.17, 15) is 9.18 Å². The zero-order chi connectivity index (χ0) is 26.2. The van der Waals surface area contributed by atoms with Gasteiger partial charge in [0.2, 0.25) is 5.69 Å². The van der Waals surface area contributed by atoms with Gasteiger partial charge in [-0.05, 0) is 74.1 Å². The SMILES string of the molecule is [C-]#[N+]c1cc2c(Oc3ccc(CC(=O)Cc4ccc(F)cc4)cc3)ccnc2cc1OCCCN(C)C. The fraction of sp³-hybridized carbons (Fsp3) is 0.233. The molecule has 4 rings (SSSR count). The van der Waals surface area contributed by atoms with Crippen molar-refractivity contribution in [3.8, 4) is 17.2 Å². The van der Waals surface area contributed by atoms with Gasteiger partial charge in [-0.15, -0.1) is 0 Å². The summed E-state index contributed by atoms with van der Waals surface area (Å²) in [5.41, 5.74) is 2.74. The highest BCUT2D eigenvalue weighted by atomic mass is 19.1. The van der Waals surface area contributed by atoms with E-state index in [2.05, 4.69) is 14.7 Å². The Morgan fingerprint density at radius 1 is 0.973 bits per heavy atom. The topological polar surface area (TPSA) is 56.0 Å². The molecule has 0 bridgehead atoms. The van der Waals surface area contributed by atoms with Gasteiger partial charge in [-0.3, -0.25) is 9.78 Å². The quantitative estimate of drug-likeness (QED) is 0.177. The number of hydrogen-bond acceptors (Lipinski definition) is 5. The van der Waals surface area contributed by atoms with Crippen LogP contribution in [0.3, 0.4) is 0 Å². The minimum atomic E-state index is -0.316. The van der Waals surface area contributed by atoms with Gasteiger partial charge in [-0.25, -0.2) is 9.24 Å². The van der Waals surface area contributed by atoms with Crippen molar-refractivity contribution < 1.29 is 18.7 Å². The third-order valence-corrected chi connectivity index (χ3v) is 5.78. The first-order valence-corrected chi connectivity index (χ1v) is 12.0. The Hall–Kier alpha value is -4.28. The third-order valence-electron chi connectivity index (χ3n) is 5.78. The lowest BCUT2D eigenvalue weighted by Gasteiger charge is -2.13. The van der Waals surface area contributed by atoms with E-state index in [0.29, 0.717) is 40.4 Å². The maximum atomic E-state index is 13.1. The van der Waals surface area contributed by atoms with Crippen molar-refractivity contribution in [2.45, 2.75) is 19.3 Å². The van der Waals surface area contributed by atoms with Gasteiger partial charge >= 0.3 is 0 Å². The predicted octanol–water partition coefficient (Wildman–Crippen LogP) is 6.40. The Morgan fingerprint density at radius 3 is 2.30 bits per heavy atom. The molecule has 0 amide bonds. The van der Waals surface area contributed by atoms with E-state index < -0.39 is 0 Å². The highest BCUT2D eigenvalue weighted by molar-refractivity contribution is 5.91. The normalized spacial score (nSPS) is 10.9. The van der Waals surface area contributed by atoms with Crippen molar-refractivity contribution in [3.63, 3.8) is 0 Å². The number of fused-ring (bicyclic) bond motifs is 1. The van der Waals surface area contributed by atoms with E-state index in [1.54, 1.807) is 36.5 Å². The molecule has 0 atom stereocenters. The molecule has 0 aliphatic heterocycles. The second-order valence-electron chi connectivity index (χ2n) is 9.03. The first kappa shape index (κ1) is 25.8. The van der Waals surface area contributed by atoms with Crippen LogP contribution in [0.4, 0.5) is 10.1 Å². The van der Waals surface area contributed by atoms with Crippen molar-refractivity contribution in [2.75, 3.05) is 27.2 Å². The molecule has 3 aromatic carbocycles. The summed E-state index contributed by atoms with van der Waals surface area (Å²) < 4.78 is 25.0. The highest BCUT2D eigenvalue weighted by Crippen LogP contribution is 2.37. The fourth-order valence-electron chi connectivity index (χ4n) is 3.91. The maximum Gasteiger partial charge on any atom is 0.229 e. The number of hydrogen-bond donors (Lipinski definition) is 0. The average molecular weight is 498 g/mol. The monoisotopic (exact) mass is 497 g/mol. The number of rotatable bonds is 11. The third kappa shape index (κ3) is 7.12. The van der Waals surface area contributed by atoms with Crippen molar-refractivity contribution >= 4 is 22.4 Å². The number of nitrogens with zero attached hydrogens (tertiary/aromatic N) is 3. The van der Waals surface area contributed by atoms with E-state index in [1.807, 2.05) is 38.4 Å². The average Bonchev–Trinajstić information content (AvgIpc) is 2.88. The van der Waals surface area contributed by atoms with Gasteiger partial charge in [0.25, 0.3) is 0 Å². The second kappa shape index (κ2) is 12.1. The molecule has 0 aliphatic carbocycles. The van der Waals surface area contributed by atoms with E-state index in [1.165, 1.54) is 12.1 Å². The maximum absolute atomic E-state index is 13.1. The van der Waals surface area contributed by atoms with Crippen LogP contribution < -0.4 is 9.47 Å². The van der Waals surface area contributed by atoms with E-state index in [0.717, 1.165) is 24.1 Å². The minimum Gasteiger partial charge on any atom is -0.504 e. The molecule has 0 saturated heterocycles. The van der Waals surface area contributed by atoms with Gasteiger partial charge < -0.3 is 14.4 Å². The van der Waals surface area contributed by atoms with Gasteiger partial charge in [0.15, 0.2) is 0 Å². The van der Waals surface area contributed by atoms with Crippen LogP contribution in [0.25, 0.3) is 15.7 Å². The standard InChI is InChI=1S/C30H28FN3O3/c1-32-28-19-26-27(20-30(28)36-16-4-15-34(2)3)33-14-13-29(26)37-25-11-7-22(8-12-25)18-24(35)17-21-5-9-23(31)10-6-21/h5-14,19-20H,4,15-18H2,2-3H3. The van der Waals surface area contributed by atoms with Gasteiger partial charge in [-0.1, -0.05) is 24.3 Å². The van der Waals surface area contributed by atoms with Crippen molar-refractivity contribution in [2.24, 2.45) is 0 Å². The van der Waals surface area contributed by atoms with Crippen LogP contribution >= 0.6 is 0 Å². The van der Waals surface area contributed by atoms with Crippen LogP contribution in [0.1, 0.15) is 17.5 Å². The Balaban J connectivity index is 1.43. The van der Waals surface area contributed by atoms with Gasteiger partial charge in [0.05, 0.1) is 18.7 Å². The summed E-state index contributed by atoms with van der Waals surface area (Å²) in [4.78, 5) is 22.6. The van der Waals surface area contributed by atoms with Crippen LogP contribution in [0, 0.1) is 12.4 Å². The van der Waals surface area contributed by atoms with Gasteiger partial charge in [-0.2, -0.15) is 0 Å². The number of ketones is 1. The number of carbonyl (C=O) groups excluding carboxylic acids is 1. The number of carbonyl (C=O) groups is 1. The molecular weight excluding hydrogens is 469 g/mol. The Bertz CT molecular complexity index is 1410. The van der Waals surface area contributed by atoms with E-state index >= 15 is 0 Å². The summed E-state index contributed by atoms with van der Waals surface area (Å²) in [7, 11) is 4.02. The smallest absolute Gasteiger partial charge is 0.229 e. The summed E-state index contributed by atoms with van der Waals surface area (Å²) in [6.07, 6.45) is 3.05. The number of benzene rings is 3. The second-order valence-corrected chi connectivity index (χ2v) is 9.03. The molecule has 188 valence electrons. The van der Waals surface area contributed by atoms with Crippen LogP contribution in [0.5, 0.6) is 17.2 Å². The van der Waals surface area contributed by atoms with Gasteiger partial charge in [0.1, 0.15) is 28.8 Å². The molecule has 0 aliphatic rings. The number of pyridine rings is 1. The Labute approximate surface area is 216 Å². The summed E-state index contributed by atoms with van der Waals surface area (Å²) in [6, 6.07) is 18.6. The summed E-state index contributed by atoms with van der Waals surface area (Å²) in [5.74, 6) is 1.43. The molecule has 0 spiro atoms. The molecule has 6 nitrogen and oxygen atoms in total. The number of Topliss-reactive ketones (excluding diaryl/α,β-unsaturated/α-hetero) is 1. The fourth-order valence-corrected chi connectivity index (χ4v) is 3.91. The lowest BCUT2D eigenvalue weighted by atomic mass is 10.0. The lowest BCUT2D eigenvalue weighted by Crippen LogP contribution is -2.15. The van der Waals surface area contributed by atoms with Crippen LogP contribution in [0.2, 0.25) is 0 Å². The molecule has 7 heteroatoms. The zero-order valence-electron chi connectivity index (χ0n) is 20.9.